The first-order valence-electron chi connectivity index (χ1n) is 7.83. The van der Waals surface area contributed by atoms with Crippen LogP contribution < -0.4 is 4.74 Å². The molecule has 0 aliphatic carbocycles. The molecule has 1 aliphatic rings. The summed E-state index contributed by atoms with van der Waals surface area (Å²) < 4.78 is 5.57. The van der Waals surface area contributed by atoms with E-state index in [4.69, 9.17) is 17.0 Å². The van der Waals surface area contributed by atoms with Gasteiger partial charge in [0, 0.05) is 0 Å². The summed E-state index contributed by atoms with van der Waals surface area (Å²) in [5.41, 5.74) is 0.655. The van der Waals surface area contributed by atoms with E-state index in [-0.39, 0.29) is 10.1 Å². The maximum atomic E-state index is 12.7. The van der Waals surface area contributed by atoms with Crippen LogP contribution in [0, 0.1) is 0 Å². The monoisotopic (exact) mass is 413 g/mol. The number of hydrogen-bond donors (Lipinski definition) is 2. The molecular weight excluding hydrogens is 394 g/mol. The normalized spacial score (nSPS) is 17.0. The average molecular weight is 414 g/mol. The zero-order chi connectivity index (χ0) is 19.3. The van der Waals surface area contributed by atoms with E-state index >= 15 is 0 Å². The summed E-state index contributed by atoms with van der Waals surface area (Å²) in [7, 11) is 0. The molecule has 0 saturated carbocycles. The molecular formula is C17H19NO5S3. The summed E-state index contributed by atoms with van der Waals surface area (Å²) in [6.45, 7) is 2.20. The number of ether oxygens (including phenoxy) is 1. The van der Waals surface area contributed by atoms with Crippen LogP contribution in [0.4, 0.5) is 0 Å². The zero-order valence-electron chi connectivity index (χ0n) is 14.3. The Morgan fingerprint density at radius 2 is 2.23 bits per heavy atom. The number of carboxylic acid groups (broad SMARTS) is 1. The topological polar surface area (TPSA) is 87.1 Å². The van der Waals surface area contributed by atoms with Crippen LogP contribution in [0.3, 0.4) is 0 Å². The first kappa shape index (κ1) is 20.6. The summed E-state index contributed by atoms with van der Waals surface area (Å²) in [4.78, 5) is 25.8. The van der Waals surface area contributed by atoms with E-state index in [2.05, 4.69) is 0 Å². The van der Waals surface area contributed by atoms with E-state index in [0.29, 0.717) is 35.0 Å². The molecule has 9 heteroatoms. The second-order valence-corrected chi connectivity index (χ2v) is 8.01. The Morgan fingerprint density at radius 1 is 1.50 bits per heavy atom. The number of phenols is 1. The van der Waals surface area contributed by atoms with Gasteiger partial charge in [0.25, 0.3) is 5.91 Å². The van der Waals surface area contributed by atoms with Gasteiger partial charge in [-0.1, -0.05) is 30.0 Å². The molecule has 140 valence electrons. The number of hydrogen-bond acceptors (Lipinski definition) is 7. The highest BCUT2D eigenvalue weighted by atomic mass is 32.2. The quantitative estimate of drug-likeness (QED) is 0.496. The van der Waals surface area contributed by atoms with Crippen molar-refractivity contribution in [1.29, 1.82) is 0 Å². The molecule has 1 atom stereocenters. The zero-order valence-corrected chi connectivity index (χ0v) is 16.7. The van der Waals surface area contributed by atoms with Crippen LogP contribution in [0.25, 0.3) is 6.08 Å². The van der Waals surface area contributed by atoms with E-state index in [9.17, 15) is 19.8 Å². The van der Waals surface area contributed by atoms with Crippen LogP contribution in [0.15, 0.2) is 23.1 Å². The van der Waals surface area contributed by atoms with Crippen LogP contribution >= 0.6 is 35.7 Å². The summed E-state index contributed by atoms with van der Waals surface area (Å²) >= 11 is 7.83. The minimum atomic E-state index is -1.07. The van der Waals surface area contributed by atoms with Crippen LogP contribution in [0.2, 0.25) is 0 Å². The molecule has 1 heterocycles. The molecule has 0 unspecified atom stereocenters. The smallest absolute Gasteiger partial charge is 0.326 e. The molecule has 1 saturated heterocycles. The van der Waals surface area contributed by atoms with Gasteiger partial charge in [-0.05, 0) is 49.1 Å². The Bertz CT molecular complexity index is 750. The summed E-state index contributed by atoms with van der Waals surface area (Å²) in [6.07, 6.45) is 3.82. The number of phenolic OH excluding ortho intramolecular Hbond substituents is 1. The number of thioether (sulfide) groups is 2. The molecule has 0 radical (unpaired) electrons. The number of carbonyl (C=O) groups excluding carboxylic acids is 1. The highest BCUT2D eigenvalue weighted by Crippen LogP contribution is 2.36. The molecule has 1 amide bonds. The molecule has 0 aromatic heterocycles. The van der Waals surface area contributed by atoms with Gasteiger partial charge in [-0.3, -0.25) is 9.69 Å². The number of benzene rings is 1. The second-order valence-electron chi connectivity index (χ2n) is 5.35. The molecule has 0 bridgehead atoms. The van der Waals surface area contributed by atoms with E-state index in [0.717, 1.165) is 11.8 Å². The Balaban J connectivity index is 2.28. The Hall–Kier alpha value is -1.71. The molecule has 1 aromatic rings. The third-order valence-corrected chi connectivity index (χ3v) is 5.57. The predicted molar refractivity (Wildman–Crippen MR) is 109 cm³/mol. The van der Waals surface area contributed by atoms with E-state index < -0.39 is 17.9 Å². The number of carbonyl (C=O) groups is 2. The van der Waals surface area contributed by atoms with Gasteiger partial charge in [0.2, 0.25) is 0 Å². The molecule has 6 nitrogen and oxygen atoms in total. The lowest BCUT2D eigenvalue weighted by molar-refractivity contribution is -0.145. The number of carboxylic acids is 1. The molecule has 26 heavy (non-hydrogen) atoms. The fraction of sp³-hybridized carbons (Fsp3) is 0.353. The van der Waals surface area contributed by atoms with Crippen LogP contribution in [-0.2, 0) is 9.59 Å². The van der Waals surface area contributed by atoms with Crippen LogP contribution in [-0.4, -0.2) is 56.0 Å². The Kier molecular flexibility index (Phi) is 7.36. The number of rotatable bonds is 8. The van der Waals surface area contributed by atoms with Crippen molar-refractivity contribution >= 4 is 58.0 Å². The number of thiocarbonyl (C=S) groups is 1. The molecule has 1 aliphatic heterocycles. The van der Waals surface area contributed by atoms with E-state index in [1.54, 1.807) is 25.1 Å². The maximum Gasteiger partial charge on any atom is 0.326 e. The van der Waals surface area contributed by atoms with Crippen molar-refractivity contribution < 1.29 is 24.5 Å². The van der Waals surface area contributed by atoms with Gasteiger partial charge < -0.3 is 14.9 Å². The van der Waals surface area contributed by atoms with Crippen molar-refractivity contribution in [3.63, 3.8) is 0 Å². The largest absolute Gasteiger partial charge is 0.504 e. The summed E-state index contributed by atoms with van der Waals surface area (Å²) in [5, 5.41) is 19.2. The minimum absolute atomic E-state index is 0.0135. The number of aromatic hydroxyl groups is 1. The van der Waals surface area contributed by atoms with Gasteiger partial charge in [-0.2, -0.15) is 11.8 Å². The fourth-order valence-corrected chi connectivity index (χ4v) is 4.20. The fourth-order valence-electron chi connectivity index (χ4n) is 2.38. The van der Waals surface area contributed by atoms with Gasteiger partial charge >= 0.3 is 5.97 Å². The number of amides is 1. The number of aliphatic carboxylic acids is 1. The lowest BCUT2D eigenvalue weighted by Gasteiger charge is -2.22. The average Bonchev–Trinajstić information content (AvgIpc) is 2.86. The first-order valence-corrected chi connectivity index (χ1v) is 10.5. The lowest BCUT2D eigenvalue weighted by atomic mass is 10.1. The third kappa shape index (κ3) is 4.72. The SMILES string of the molecule is CCOc1cc(/C=C2\SC(=S)N([C@H](CCSC)C(=O)O)C2=O)ccc1O. The van der Waals surface area contributed by atoms with Gasteiger partial charge in [0.15, 0.2) is 11.5 Å². The molecule has 2 N–H and O–H groups in total. The van der Waals surface area contributed by atoms with Crippen LogP contribution in [0.1, 0.15) is 18.9 Å². The highest BCUT2D eigenvalue weighted by Gasteiger charge is 2.40. The van der Waals surface area contributed by atoms with Gasteiger partial charge in [0.05, 0.1) is 11.5 Å². The predicted octanol–water partition coefficient (Wildman–Crippen LogP) is 3.20. The maximum absolute atomic E-state index is 12.7. The number of nitrogens with zero attached hydrogens (tertiary/aromatic N) is 1. The van der Waals surface area contributed by atoms with Crippen molar-refractivity contribution in [2.75, 3.05) is 18.6 Å². The second kappa shape index (κ2) is 9.29. The Morgan fingerprint density at radius 3 is 2.85 bits per heavy atom. The Labute approximate surface area is 165 Å². The lowest BCUT2D eigenvalue weighted by Crippen LogP contribution is -2.44. The van der Waals surface area contributed by atoms with Crippen LogP contribution in [0.5, 0.6) is 11.5 Å². The van der Waals surface area contributed by atoms with E-state index in [1.165, 1.54) is 22.7 Å². The summed E-state index contributed by atoms with van der Waals surface area (Å²) in [5.74, 6) is -0.540. The minimum Gasteiger partial charge on any atom is -0.504 e. The molecule has 2 rings (SSSR count). The van der Waals surface area contributed by atoms with Gasteiger partial charge in [0.1, 0.15) is 10.4 Å². The summed E-state index contributed by atoms with van der Waals surface area (Å²) in [6, 6.07) is 3.77. The van der Waals surface area contributed by atoms with Crippen molar-refractivity contribution in [1.82, 2.24) is 4.90 Å². The standard InChI is InChI=1S/C17H19NO5S3/c1-3-23-13-8-10(4-5-12(13)19)9-14-15(20)18(17(24)26-14)11(16(21)22)6-7-25-2/h4-5,8-9,11,19H,3,6-7H2,1-2H3,(H,21,22)/b14-9-/t11-/m1/s1. The van der Waals surface area contributed by atoms with Crippen molar-refractivity contribution in [2.45, 2.75) is 19.4 Å². The van der Waals surface area contributed by atoms with Gasteiger partial charge in [-0.25, -0.2) is 4.79 Å². The first-order chi connectivity index (χ1) is 12.4. The van der Waals surface area contributed by atoms with Crippen molar-refractivity contribution in [3.8, 4) is 11.5 Å². The third-order valence-electron chi connectivity index (χ3n) is 3.60. The van der Waals surface area contributed by atoms with Crippen molar-refractivity contribution in [2.24, 2.45) is 0 Å². The highest BCUT2D eigenvalue weighted by molar-refractivity contribution is 8.26. The van der Waals surface area contributed by atoms with Gasteiger partial charge in [-0.15, -0.1) is 0 Å². The molecule has 1 fully saturated rings. The van der Waals surface area contributed by atoms with E-state index in [1.807, 2.05) is 6.26 Å². The molecule has 0 spiro atoms. The van der Waals surface area contributed by atoms with Crippen molar-refractivity contribution in [3.05, 3.63) is 28.7 Å². The molecule has 1 aromatic carbocycles.